The summed E-state index contributed by atoms with van der Waals surface area (Å²) in [5.41, 5.74) is 5.59. The summed E-state index contributed by atoms with van der Waals surface area (Å²) in [6.07, 6.45) is 8.04. The predicted octanol–water partition coefficient (Wildman–Crippen LogP) is 2.63. The van der Waals surface area contributed by atoms with Crippen molar-refractivity contribution in [1.29, 1.82) is 0 Å². The van der Waals surface area contributed by atoms with E-state index in [1.54, 1.807) is 13.2 Å². The van der Waals surface area contributed by atoms with Crippen LogP contribution in [0.15, 0.2) is 24.4 Å². The second kappa shape index (κ2) is 7.17. The summed E-state index contributed by atoms with van der Waals surface area (Å²) in [5, 5.41) is 2.94. The van der Waals surface area contributed by atoms with Gasteiger partial charge in [-0.2, -0.15) is 0 Å². The molecular formula is C22H27N5O. The van der Waals surface area contributed by atoms with Crippen LogP contribution in [-0.4, -0.2) is 51.9 Å². The summed E-state index contributed by atoms with van der Waals surface area (Å²) < 4.78 is 0. The summed E-state index contributed by atoms with van der Waals surface area (Å²) in [5.74, 6) is 0.596. The Morgan fingerprint density at radius 2 is 2.00 bits per heavy atom. The van der Waals surface area contributed by atoms with Gasteiger partial charge in [0.25, 0.3) is 5.91 Å². The van der Waals surface area contributed by atoms with Crippen LogP contribution < -0.4 is 5.32 Å². The van der Waals surface area contributed by atoms with Gasteiger partial charge in [0, 0.05) is 38.9 Å². The third-order valence-electron chi connectivity index (χ3n) is 6.52. The van der Waals surface area contributed by atoms with E-state index in [4.69, 9.17) is 0 Å². The van der Waals surface area contributed by atoms with Crippen molar-refractivity contribution in [2.75, 3.05) is 25.5 Å². The Balaban J connectivity index is 1.29. The average Bonchev–Trinajstić information content (AvgIpc) is 2.84. The fourth-order valence-corrected chi connectivity index (χ4v) is 4.62. The van der Waals surface area contributed by atoms with Gasteiger partial charge < -0.3 is 10.2 Å². The van der Waals surface area contributed by atoms with Crippen LogP contribution in [0.25, 0.3) is 0 Å². The van der Waals surface area contributed by atoms with Gasteiger partial charge in [-0.05, 0) is 42.4 Å². The number of rotatable bonds is 4. The zero-order valence-electron chi connectivity index (χ0n) is 16.4. The van der Waals surface area contributed by atoms with Crippen LogP contribution in [0.3, 0.4) is 0 Å². The highest BCUT2D eigenvalue weighted by Gasteiger charge is 2.30. The number of anilines is 1. The number of amides is 1. The number of carbonyl (C=O) groups is 1. The topological polar surface area (TPSA) is 61.4 Å². The Kier molecular flexibility index (Phi) is 4.51. The van der Waals surface area contributed by atoms with Crippen molar-refractivity contribution >= 4 is 11.9 Å². The van der Waals surface area contributed by atoms with E-state index in [0.717, 1.165) is 31.1 Å². The van der Waals surface area contributed by atoms with E-state index in [1.165, 1.54) is 42.5 Å². The first-order valence-electron chi connectivity index (χ1n) is 10.4. The molecule has 146 valence electrons. The van der Waals surface area contributed by atoms with E-state index < -0.39 is 0 Å². The SMILES string of the molecule is CNc1ncc2c(n1)CN(Cc1ccc3c(c1)CCN(C1CCC1)CC3)C2=O. The first-order chi connectivity index (χ1) is 13.7. The zero-order chi connectivity index (χ0) is 19.1. The van der Waals surface area contributed by atoms with Crippen molar-refractivity contribution in [2.45, 2.75) is 51.2 Å². The lowest BCUT2D eigenvalue weighted by molar-refractivity contribution is 0.0766. The molecule has 2 aliphatic heterocycles. The molecule has 1 amide bonds. The number of carbonyl (C=O) groups excluding carboxylic acids is 1. The lowest BCUT2D eigenvalue weighted by atomic mass is 9.91. The third-order valence-corrected chi connectivity index (χ3v) is 6.52. The molecule has 0 saturated heterocycles. The Hall–Kier alpha value is -2.47. The van der Waals surface area contributed by atoms with Crippen LogP contribution in [0.2, 0.25) is 0 Å². The highest BCUT2D eigenvalue weighted by Crippen LogP contribution is 2.28. The second-order valence-corrected chi connectivity index (χ2v) is 8.19. The molecule has 5 rings (SSSR count). The van der Waals surface area contributed by atoms with Crippen LogP contribution in [-0.2, 0) is 25.9 Å². The fraction of sp³-hybridized carbons (Fsp3) is 0.500. The van der Waals surface area contributed by atoms with Gasteiger partial charge in [-0.3, -0.25) is 9.69 Å². The maximum absolute atomic E-state index is 12.7. The molecule has 3 heterocycles. The van der Waals surface area contributed by atoms with E-state index in [-0.39, 0.29) is 5.91 Å². The molecule has 1 saturated carbocycles. The maximum Gasteiger partial charge on any atom is 0.258 e. The molecule has 1 N–H and O–H groups in total. The highest BCUT2D eigenvalue weighted by atomic mass is 16.2. The molecule has 1 aromatic heterocycles. The molecule has 28 heavy (non-hydrogen) atoms. The molecule has 0 bridgehead atoms. The quantitative estimate of drug-likeness (QED) is 0.888. The summed E-state index contributed by atoms with van der Waals surface area (Å²) >= 11 is 0. The average molecular weight is 377 g/mol. The van der Waals surface area contributed by atoms with Crippen molar-refractivity contribution in [3.63, 3.8) is 0 Å². The molecule has 6 nitrogen and oxygen atoms in total. The highest BCUT2D eigenvalue weighted by molar-refractivity contribution is 5.97. The molecule has 1 aromatic carbocycles. The van der Waals surface area contributed by atoms with Crippen LogP contribution in [0.4, 0.5) is 5.95 Å². The molecule has 0 unspecified atom stereocenters. The smallest absolute Gasteiger partial charge is 0.258 e. The number of aromatic nitrogens is 2. The first-order valence-corrected chi connectivity index (χ1v) is 10.4. The number of fused-ring (bicyclic) bond motifs is 2. The third kappa shape index (κ3) is 3.15. The monoisotopic (exact) mass is 377 g/mol. The van der Waals surface area contributed by atoms with Gasteiger partial charge in [-0.15, -0.1) is 0 Å². The van der Waals surface area contributed by atoms with E-state index in [9.17, 15) is 4.79 Å². The van der Waals surface area contributed by atoms with Gasteiger partial charge in [-0.25, -0.2) is 9.97 Å². The van der Waals surface area contributed by atoms with E-state index in [0.29, 0.717) is 24.6 Å². The Morgan fingerprint density at radius 3 is 2.75 bits per heavy atom. The largest absolute Gasteiger partial charge is 0.357 e. The van der Waals surface area contributed by atoms with Crippen LogP contribution in [0.1, 0.15) is 52.0 Å². The van der Waals surface area contributed by atoms with Crippen molar-refractivity contribution in [3.8, 4) is 0 Å². The van der Waals surface area contributed by atoms with E-state index in [2.05, 4.69) is 38.4 Å². The zero-order valence-corrected chi connectivity index (χ0v) is 16.4. The molecule has 3 aliphatic rings. The Labute approximate surface area is 166 Å². The lowest BCUT2D eigenvalue weighted by Gasteiger charge is -2.36. The number of hydrogen-bond acceptors (Lipinski definition) is 5. The van der Waals surface area contributed by atoms with Crippen molar-refractivity contribution in [3.05, 3.63) is 52.3 Å². The second-order valence-electron chi connectivity index (χ2n) is 8.19. The molecule has 6 heteroatoms. The minimum atomic E-state index is 0.0313. The van der Waals surface area contributed by atoms with Gasteiger partial charge in [0.2, 0.25) is 5.95 Å². The molecule has 0 atom stereocenters. The molecule has 0 radical (unpaired) electrons. The Bertz CT molecular complexity index is 908. The molecule has 1 fully saturated rings. The number of hydrogen-bond donors (Lipinski definition) is 1. The number of benzene rings is 1. The molecular weight excluding hydrogens is 350 g/mol. The summed E-state index contributed by atoms with van der Waals surface area (Å²) in [6, 6.07) is 7.61. The summed E-state index contributed by atoms with van der Waals surface area (Å²) in [4.78, 5) is 25.9. The molecule has 0 spiro atoms. The summed E-state index contributed by atoms with van der Waals surface area (Å²) in [7, 11) is 1.79. The normalized spacial score (nSPS) is 19.8. The van der Waals surface area contributed by atoms with Crippen LogP contribution in [0, 0.1) is 0 Å². The molecule has 1 aliphatic carbocycles. The van der Waals surface area contributed by atoms with Crippen molar-refractivity contribution in [1.82, 2.24) is 19.8 Å². The van der Waals surface area contributed by atoms with Crippen molar-refractivity contribution in [2.24, 2.45) is 0 Å². The van der Waals surface area contributed by atoms with E-state index >= 15 is 0 Å². The van der Waals surface area contributed by atoms with Crippen molar-refractivity contribution < 1.29 is 4.79 Å². The van der Waals surface area contributed by atoms with E-state index in [1.807, 2.05) is 4.90 Å². The Morgan fingerprint density at radius 1 is 1.18 bits per heavy atom. The van der Waals surface area contributed by atoms with Crippen LogP contribution in [0.5, 0.6) is 0 Å². The minimum Gasteiger partial charge on any atom is -0.357 e. The summed E-state index contributed by atoms with van der Waals surface area (Å²) in [6.45, 7) is 3.53. The van der Waals surface area contributed by atoms with Gasteiger partial charge in [0.1, 0.15) is 0 Å². The van der Waals surface area contributed by atoms with Gasteiger partial charge >= 0.3 is 0 Å². The van der Waals surface area contributed by atoms with Gasteiger partial charge in [0.05, 0.1) is 17.8 Å². The number of nitrogens with one attached hydrogen (secondary N) is 1. The number of nitrogens with zero attached hydrogens (tertiary/aromatic N) is 4. The lowest BCUT2D eigenvalue weighted by Crippen LogP contribution is -2.41. The fourth-order valence-electron chi connectivity index (χ4n) is 4.62. The molecule has 2 aromatic rings. The standard InChI is InChI=1S/C22H27N5O/c1-23-22-24-12-19-20(25-22)14-27(21(19)28)13-15-5-6-16-7-9-26(18-3-2-4-18)10-8-17(16)11-15/h5-6,11-12,18H,2-4,7-10,13-14H2,1H3,(H,23,24,25). The van der Waals surface area contributed by atoms with Gasteiger partial charge in [0.15, 0.2) is 0 Å². The first kappa shape index (κ1) is 17.6. The van der Waals surface area contributed by atoms with Gasteiger partial charge in [-0.1, -0.05) is 24.6 Å². The maximum atomic E-state index is 12.7. The predicted molar refractivity (Wildman–Crippen MR) is 108 cm³/mol. The van der Waals surface area contributed by atoms with Crippen LogP contribution >= 0.6 is 0 Å². The minimum absolute atomic E-state index is 0.0313.